The van der Waals surface area contributed by atoms with Crippen molar-refractivity contribution in [1.82, 2.24) is 9.88 Å². The zero-order chi connectivity index (χ0) is 13.7. The highest BCUT2D eigenvalue weighted by molar-refractivity contribution is 5.88. The molecule has 19 heavy (non-hydrogen) atoms. The maximum atomic E-state index is 11.3. The molecule has 1 atom stereocenters. The van der Waals surface area contributed by atoms with E-state index in [0.29, 0.717) is 11.6 Å². The molecule has 2 rings (SSSR count). The Morgan fingerprint density at radius 3 is 3.05 bits per heavy atom. The van der Waals surface area contributed by atoms with Crippen LogP contribution in [0.4, 0.5) is 0 Å². The predicted molar refractivity (Wildman–Crippen MR) is 70.9 cm³/mol. The molecule has 0 amide bonds. The van der Waals surface area contributed by atoms with Crippen LogP contribution in [-0.4, -0.2) is 48.8 Å². The first-order valence-corrected chi connectivity index (χ1v) is 6.59. The molecular formula is C14H20N2O3. The summed E-state index contributed by atoms with van der Waals surface area (Å²) in [6.07, 6.45) is 2.64. The first-order chi connectivity index (χ1) is 9.24. The van der Waals surface area contributed by atoms with Crippen molar-refractivity contribution < 1.29 is 14.3 Å². The number of nitrogens with zero attached hydrogens (tertiary/aromatic N) is 2. The molecule has 0 saturated carbocycles. The molecule has 0 spiro atoms. The second-order valence-corrected chi connectivity index (χ2v) is 4.64. The molecule has 0 aliphatic carbocycles. The van der Waals surface area contributed by atoms with Gasteiger partial charge in [0.05, 0.1) is 31.6 Å². The smallest absolute Gasteiger partial charge is 0.339 e. The van der Waals surface area contributed by atoms with Crippen LogP contribution in [0.3, 0.4) is 0 Å². The van der Waals surface area contributed by atoms with E-state index in [0.717, 1.165) is 38.4 Å². The number of carbonyl (C=O) groups is 1. The number of aromatic nitrogens is 1. The second kappa shape index (κ2) is 6.63. The van der Waals surface area contributed by atoms with E-state index in [1.807, 2.05) is 6.07 Å². The molecule has 5 nitrogen and oxygen atoms in total. The third-order valence-electron chi connectivity index (χ3n) is 3.43. The maximum absolute atomic E-state index is 11.3. The van der Waals surface area contributed by atoms with Crippen molar-refractivity contribution in [3.05, 3.63) is 29.6 Å². The van der Waals surface area contributed by atoms with Crippen molar-refractivity contribution >= 4 is 5.97 Å². The van der Waals surface area contributed by atoms with Crippen molar-refractivity contribution in [3.63, 3.8) is 0 Å². The summed E-state index contributed by atoms with van der Waals surface area (Å²) in [7, 11) is 1.37. The number of pyridine rings is 1. The summed E-state index contributed by atoms with van der Waals surface area (Å²) < 4.78 is 10.1. The van der Waals surface area contributed by atoms with Crippen LogP contribution in [0.1, 0.15) is 29.4 Å². The highest BCUT2D eigenvalue weighted by Crippen LogP contribution is 2.14. The van der Waals surface area contributed by atoms with Gasteiger partial charge in [0.25, 0.3) is 0 Å². The van der Waals surface area contributed by atoms with Gasteiger partial charge >= 0.3 is 5.97 Å². The summed E-state index contributed by atoms with van der Waals surface area (Å²) in [6, 6.07) is 4.10. The summed E-state index contributed by atoms with van der Waals surface area (Å²) in [5.41, 5.74) is 1.45. The summed E-state index contributed by atoms with van der Waals surface area (Å²) in [5, 5.41) is 0. The zero-order valence-corrected chi connectivity index (χ0v) is 11.5. The Labute approximate surface area is 113 Å². The maximum Gasteiger partial charge on any atom is 0.339 e. The normalized spacial score (nSPS) is 20.2. The molecule has 5 heteroatoms. The third-order valence-corrected chi connectivity index (χ3v) is 3.43. The Bertz CT molecular complexity index is 419. The summed E-state index contributed by atoms with van der Waals surface area (Å²) >= 11 is 0. The van der Waals surface area contributed by atoms with Gasteiger partial charge < -0.3 is 9.47 Å². The fraction of sp³-hybridized carbons (Fsp3) is 0.571. The quantitative estimate of drug-likeness (QED) is 0.771. The van der Waals surface area contributed by atoms with E-state index in [4.69, 9.17) is 4.74 Å². The van der Waals surface area contributed by atoms with Crippen molar-refractivity contribution in [2.24, 2.45) is 0 Å². The molecule has 1 aromatic rings. The average Bonchev–Trinajstić information content (AvgIpc) is 2.48. The highest BCUT2D eigenvalue weighted by atomic mass is 16.5. The fourth-order valence-electron chi connectivity index (χ4n) is 2.24. The van der Waals surface area contributed by atoms with E-state index in [2.05, 4.69) is 21.5 Å². The van der Waals surface area contributed by atoms with Crippen LogP contribution in [0.15, 0.2) is 18.3 Å². The van der Waals surface area contributed by atoms with Gasteiger partial charge in [0.1, 0.15) is 0 Å². The second-order valence-electron chi connectivity index (χ2n) is 4.64. The van der Waals surface area contributed by atoms with Crippen LogP contribution in [-0.2, 0) is 16.0 Å². The van der Waals surface area contributed by atoms with E-state index in [-0.39, 0.29) is 5.97 Å². The largest absolute Gasteiger partial charge is 0.465 e. The van der Waals surface area contributed by atoms with Crippen LogP contribution in [0.5, 0.6) is 0 Å². The van der Waals surface area contributed by atoms with Gasteiger partial charge in [0, 0.05) is 25.3 Å². The zero-order valence-electron chi connectivity index (χ0n) is 11.5. The number of morpholine rings is 1. The Balaban J connectivity index is 2.00. The van der Waals surface area contributed by atoms with Crippen molar-refractivity contribution in [2.75, 3.05) is 26.9 Å². The van der Waals surface area contributed by atoms with E-state index in [9.17, 15) is 4.79 Å². The van der Waals surface area contributed by atoms with Crippen LogP contribution in [0.25, 0.3) is 0 Å². The van der Waals surface area contributed by atoms with Gasteiger partial charge in [0.2, 0.25) is 0 Å². The average molecular weight is 264 g/mol. The molecule has 0 N–H and O–H groups in total. The summed E-state index contributed by atoms with van der Waals surface area (Å²) in [5.74, 6) is -0.350. The number of ether oxygens (including phenoxy) is 2. The Morgan fingerprint density at radius 2 is 2.42 bits per heavy atom. The molecular weight excluding hydrogens is 244 g/mol. The van der Waals surface area contributed by atoms with Gasteiger partial charge in [-0.15, -0.1) is 0 Å². The molecule has 1 fully saturated rings. The molecule has 1 unspecified atom stereocenters. The molecule has 2 heterocycles. The van der Waals surface area contributed by atoms with E-state index in [1.54, 1.807) is 12.3 Å². The molecule has 0 aromatic carbocycles. The van der Waals surface area contributed by atoms with Gasteiger partial charge in [-0.3, -0.25) is 9.88 Å². The van der Waals surface area contributed by atoms with Crippen molar-refractivity contribution in [2.45, 2.75) is 25.9 Å². The molecule has 1 aliphatic heterocycles. The molecule has 0 radical (unpaired) electrons. The highest BCUT2D eigenvalue weighted by Gasteiger charge is 2.21. The van der Waals surface area contributed by atoms with Crippen LogP contribution in [0.2, 0.25) is 0 Å². The molecule has 1 aromatic heterocycles. The number of hydrogen-bond acceptors (Lipinski definition) is 5. The van der Waals surface area contributed by atoms with E-state index in [1.165, 1.54) is 7.11 Å². The number of carbonyl (C=O) groups excluding carboxylic acids is 1. The number of hydrogen-bond donors (Lipinski definition) is 0. The number of esters is 1. The number of methoxy groups -OCH3 is 1. The first kappa shape index (κ1) is 14.0. The number of rotatable bonds is 4. The summed E-state index contributed by atoms with van der Waals surface area (Å²) in [6.45, 7) is 5.45. The molecule has 1 aliphatic rings. The van der Waals surface area contributed by atoms with Crippen LogP contribution >= 0.6 is 0 Å². The Morgan fingerprint density at radius 1 is 1.58 bits per heavy atom. The van der Waals surface area contributed by atoms with Gasteiger partial charge in [-0.1, -0.05) is 6.92 Å². The third kappa shape index (κ3) is 3.52. The van der Waals surface area contributed by atoms with Crippen LogP contribution in [0, 0.1) is 0 Å². The minimum atomic E-state index is -0.350. The first-order valence-electron chi connectivity index (χ1n) is 6.59. The van der Waals surface area contributed by atoms with Gasteiger partial charge in [-0.25, -0.2) is 4.79 Å². The standard InChI is InChI=1S/C14H20N2O3/c1-3-13-10-19-7-6-16(13)9-12-5-4-11(8-15-12)14(17)18-2/h4-5,8,13H,3,6-7,9-10H2,1-2H3. The van der Waals surface area contributed by atoms with Crippen molar-refractivity contribution in [1.29, 1.82) is 0 Å². The molecule has 104 valence electrons. The van der Waals surface area contributed by atoms with Crippen LogP contribution < -0.4 is 0 Å². The lowest BCUT2D eigenvalue weighted by Gasteiger charge is -2.34. The minimum Gasteiger partial charge on any atom is -0.465 e. The predicted octanol–water partition coefficient (Wildman–Crippen LogP) is 1.48. The minimum absolute atomic E-state index is 0.350. The monoisotopic (exact) mass is 264 g/mol. The Kier molecular flexibility index (Phi) is 4.87. The van der Waals surface area contributed by atoms with Gasteiger partial charge in [0.15, 0.2) is 0 Å². The molecule has 0 bridgehead atoms. The lowest BCUT2D eigenvalue weighted by Crippen LogP contribution is -2.44. The van der Waals surface area contributed by atoms with Gasteiger partial charge in [-0.05, 0) is 18.6 Å². The van der Waals surface area contributed by atoms with Crippen molar-refractivity contribution in [3.8, 4) is 0 Å². The Hall–Kier alpha value is -1.46. The topological polar surface area (TPSA) is 51.7 Å². The lowest BCUT2D eigenvalue weighted by molar-refractivity contribution is -0.0132. The molecule has 1 saturated heterocycles. The fourth-order valence-corrected chi connectivity index (χ4v) is 2.24. The SMILES string of the molecule is CCC1COCCN1Cc1ccc(C(=O)OC)cn1. The van der Waals surface area contributed by atoms with E-state index >= 15 is 0 Å². The lowest BCUT2D eigenvalue weighted by atomic mass is 10.1. The van der Waals surface area contributed by atoms with E-state index < -0.39 is 0 Å². The summed E-state index contributed by atoms with van der Waals surface area (Å²) in [4.78, 5) is 18.0. The van der Waals surface area contributed by atoms with Gasteiger partial charge in [-0.2, -0.15) is 0 Å².